The fourth-order valence-corrected chi connectivity index (χ4v) is 3.39. The van der Waals surface area contributed by atoms with Crippen LogP contribution in [0, 0.1) is 20.8 Å². The molecule has 1 aromatic heterocycles. The third-order valence-electron chi connectivity index (χ3n) is 3.92. The normalized spacial score (nSPS) is 14.2. The Morgan fingerprint density at radius 1 is 1.10 bits per heavy atom. The maximum atomic E-state index is 10.8. The number of hydrogen-bond donors (Lipinski definition) is 2. The maximum absolute atomic E-state index is 10.8. The highest BCUT2D eigenvalue weighted by Crippen LogP contribution is 2.41. The number of aryl methyl sites for hydroxylation is 2. The molecule has 3 nitrogen and oxygen atoms in total. The van der Waals surface area contributed by atoms with Gasteiger partial charge in [-0.1, -0.05) is 29.3 Å². The maximum Gasteiger partial charge on any atom is 0.107 e. The molecule has 0 radical (unpaired) electrons. The Kier molecular flexibility index (Phi) is 4.99. The van der Waals surface area contributed by atoms with E-state index < -0.39 is 6.10 Å². The zero-order chi connectivity index (χ0) is 15.7. The van der Waals surface area contributed by atoms with Crippen molar-refractivity contribution >= 4 is 23.2 Å². The van der Waals surface area contributed by atoms with E-state index in [9.17, 15) is 5.11 Å². The van der Waals surface area contributed by atoms with E-state index in [0.29, 0.717) is 21.4 Å². The first kappa shape index (κ1) is 16.4. The SMILES string of the molecule is Cc1oc(C)c(C(O)C(CN)c2c(Cl)cccc2Cl)c1C. The molecule has 2 rings (SSSR count). The lowest BCUT2D eigenvalue weighted by molar-refractivity contribution is 0.145. The van der Waals surface area contributed by atoms with Crippen LogP contribution in [0.4, 0.5) is 0 Å². The first-order valence-corrected chi connectivity index (χ1v) is 7.52. The van der Waals surface area contributed by atoms with Crippen LogP contribution in [-0.4, -0.2) is 11.7 Å². The molecule has 21 heavy (non-hydrogen) atoms. The zero-order valence-corrected chi connectivity index (χ0v) is 13.8. The highest BCUT2D eigenvalue weighted by molar-refractivity contribution is 6.36. The van der Waals surface area contributed by atoms with Crippen LogP contribution in [0.2, 0.25) is 10.0 Å². The molecule has 2 aromatic rings. The standard InChI is InChI=1S/C16H19Cl2NO2/c1-8-9(2)21-10(3)14(8)16(20)11(7-19)15-12(17)5-4-6-13(15)18/h4-6,11,16,20H,7,19H2,1-3H3. The average Bonchev–Trinajstić information content (AvgIpc) is 2.67. The Hall–Kier alpha value is -1.00. The second-order valence-electron chi connectivity index (χ2n) is 5.18. The first-order chi connectivity index (χ1) is 9.88. The molecule has 0 aliphatic heterocycles. The Morgan fingerprint density at radius 2 is 1.67 bits per heavy atom. The summed E-state index contributed by atoms with van der Waals surface area (Å²) in [5, 5.41) is 11.8. The Balaban J connectivity index is 2.51. The van der Waals surface area contributed by atoms with E-state index in [-0.39, 0.29) is 12.5 Å². The third-order valence-corrected chi connectivity index (χ3v) is 4.58. The van der Waals surface area contributed by atoms with Crippen molar-refractivity contribution in [1.82, 2.24) is 0 Å². The van der Waals surface area contributed by atoms with Gasteiger partial charge in [-0.3, -0.25) is 0 Å². The van der Waals surface area contributed by atoms with Gasteiger partial charge in [-0.2, -0.15) is 0 Å². The molecule has 0 saturated carbocycles. The molecular formula is C16H19Cl2NO2. The van der Waals surface area contributed by atoms with E-state index in [1.54, 1.807) is 18.2 Å². The first-order valence-electron chi connectivity index (χ1n) is 6.77. The van der Waals surface area contributed by atoms with Crippen LogP contribution >= 0.6 is 23.2 Å². The minimum absolute atomic E-state index is 0.230. The summed E-state index contributed by atoms with van der Waals surface area (Å²) in [7, 11) is 0. The van der Waals surface area contributed by atoms with Crippen LogP contribution in [0.5, 0.6) is 0 Å². The van der Waals surface area contributed by atoms with Gasteiger partial charge in [0.15, 0.2) is 0 Å². The second-order valence-corrected chi connectivity index (χ2v) is 5.99. The summed E-state index contributed by atoms with van der Waals surface area (Å²) in [4.78, 5) is 0. The number of aliphatic hydroxyl groups is 1. The molecule has 1 heterocycles. The molecule has 2 unspecified atom stereocenters. The van der Waals surface area contributed by atoms with E-state index >= 15 is 0 Å². The summed E-state index contributed by atoms with van der Waals surface area (Å²) < 4.78 is 5.59. The molecular weight excluding hydrogens is 309 g/mol. The molecule has 2 atom stereocenters. The minimum atomic E-state index is -0.815. The van der Waals surface area contributed by atoms with E-state index in [4.69, 9.17) is 33.4 Å². The van der Waals surface area contributed by atoms with Crippen molar-refractivity contribution in [1.29, 1.82) is 0 Å². The van der Waals surface area contributed by atoms with Crippen LogP contribution in [0.1, 0.15) is 40.2 Å². The molecule has 114 valence electrons. The summed E-state index contributed by atoms with van der Waals surface area (Å²) in [6, 6.07) is 5.27. The molecule has 1 aromatic carbocycles. The summed E-state index contributed by atoms with van der Waals surface area (Å²) in [5.41, 5.74) is 8.25. The minimum Gasteiger partial charge on any atom is -0.466 e. The van der Waals surface area contributed by atoms with Crippen LogP contribution < -0.4 is 5.73 Å². The zero-order valence-electron chi connectivity index (χ0n) is 12.3. The van der Waals surface area contributed by atoms with Crippen molar-refractivity contribution in [2.45, 2.75) is 32.8 Å². The van der Waals surface area contributed by atoms with Crippen molar-refractivity contribution < 1.29 is 9.52 Å². The summed E-state index contributed by atoms with van der Waals surface area (Å²) in [5.74, 6) is 1.10. The second kappa shape index (κ2) is 6.41. The topological polar surface area (TPSA) is 59.4 Å². The molecule has 0 bridgehead atoms. The molecule has 0 fully saturated rings. The number of benzene rings is 1. The lowest BCUT2D eigenvalue weighted by atomic mass is 9.87. The monoisotopic (exact) mass is 327 g/mol. The van der Waals surface area contributed by atoms with Gasteiger partial charge in [-0.15, -0.1) is 0 Å². The Bertz CT molecular complexity index is 632. The van der Waals surface area contributed by atoms with Crippen molar-refractivity contribution in [3.63, 3.8) is 0 Å². The summed E-state index contributed by atoms with van der Waals surface area (Å²) in [6.07, 6.45) is -0.815. The van der Waals surface area contributed by atoms with E-state index in [2.05, 4.69) is 0 Å². The van der Waals surface area contributed by atoms with Crippen LogP contribution in [0.15, 0.2) is 22.6 Å². The van der Waals surface area contributed by atoms with Crippen molar-refractivity contribution in [3.05, 3.63) is 56.5 Å². The predicted octanol–water partition coefficient (Wildman–Crippen LogP) is 4.29. The molecule has 0 amide bonds. The van der Waals surface area contributed by atoms with Gasteiger partial charge in [-0.25, -0.2) is 0 Å². The lowest BCUT2D eigenvalue weighted by Crippen LogP contribution is -2.21. The van der Waals surface area contributed by atoms with Gasteiger partial charge in [-0.05, 0) is 44.0 Å². The van der Waals surface area contributed by atoms with Gasteiger partial charge >= 0.3 is 0 Å². The van der Waals surface area contributed by atoms with E-state index in [1.807, 2.05) is 20.8 Å². The summed E-state index contributed by atoms with van der Waals surface area (Å²) in [6.45, 7) is 5.86. The fraction of sp³-hybridized carbons (Fsp3) is 0.375. The smallest absolute Gasteiger partial charge is 0.107 e. The van der Waals surface area contributed by atoms with E-state index in [0.717, 1.165) is 16.9 Å². The molecule has 3 N–H and O–H groups in total. The van der Waals surface area contributed by atoms with Gasteiger partial charge in [0.1, 0.15) is 11.5 Å². The molecule has 0 saturated heterocycles. The Morgan fingerprint density at radius 3 is 2.10 bits per heavy atom. The number of hydrogen-bond acceptors (Lipinski definition) is 3. The van der Waals surface area contributed by atoms with Gasteiger partial charge in [0.25, 0.3) is 0 Å². The molecule has 0 aliphatic rings. The highest BCUT2D eigenvalue weighted by atomic mass is 35.5. The number of halogens is 2. The van der Waals surface area contributed by atoms with Crippen LogP contribution in [0.3, 0.4) is 0 Å². The van der Waals surface area contributed by atoms with Crippen LogP contribution in [-0.2, 0) is 0 Å². The summed E-state index contributed by atoms with van der Waals surface area (Å²) >= 11 is 12.5. The van der Waals surface area contributed by atoms with Crippen molar-refractivity contribution in [3.8, 4) is 0 Å². The fourth-order valence-electron chi connectivity index (χ4n) is 2.72. The highest BCUT2D eigenvalue weighted by Gasteiger charge is 2.30. The van der Waals surface area contributed by atoms with Gasteiger partial charge in [0.05, 0.1) is 6.10 Å². The predicted molar refractivity (Wildman–Crippen MR) is 86.1 cm³/mol. The molecule has 5 heteroatoms. The Labute approximate surface area is 134 Å². The van der Waals surface area contributed by atoms with Crippen molar-refractivity contribution in [2.75, 3.05) is 6.54 Å². The molecule has 0 spiro atoms. The van der Waals surface area contributed by atoms with Gasteiger partial charge in [0.2, 0.25) is 0 Å². The largest absolute Gasteiger partial charge is 0.466 e. The average molecular weight is 328 g/mol. The number of aliphatic hydroxyl groups excluding tert-OH is 1. The van der Waals surface area contributed by atoms with Gasteiger partial charge in [0, 0.05) is 28.1 Å². The third kappa shape index (κ3) is 2.97. The van der Waals surface area contributed by atoms with Crippen molar-refractivity contribution in [2.24, 2.45) is 5.73 Å². The number of furan rings is 1. The van der Waals surface area contributed by atoms with Gasteiger partial charge < -0.3 is 15.3 Å². The van der Waals surface area contributed by atoms with E-state index in [1.165, 1.54) is 0 Å². The molecule has 0 aliphatic carbocycles. The number of nitrogens with two attached hydrogens (primary N) is 1. The van der Waals surface area contributed by atoms with Crippen LogP contribution in [0.25, 0.3) is 0 Å². The quantitative estimate of drug-likeness (QED) is 0.880. The lowest BCUT2D eigenvalue weighted by Gasteiger charge is -2.24. The number of rotatable bonds is 4.